The Labute approximate surface area is 356 Å². The van der Waals surface area contributed by atoms with Gasteiger partial charge in [0.1, 0.15) is 28.8 Å². The molecule has 4 heterocycles. The van der Waals surface area contributed by atoms with Gasteiger partial charge in [0.05, 0.1) is 26.1 Å². The first-order valence-electron chi connectivity index (χ1n) is 19.5. The summed E-state index contributed by atoms with van der Waals surface area (Å²) >= 11 is 3.10. The summed E-state index contributed by atoms with van der Waals surface area (Å²) in [6, 6.07) is 38.9. The number of nitrogens with one attached hydrogen (secondary N) is 1. The number of para-hydroxylation sites is 2. The number of pyridine rings is 1. The Morgan fingerprint density at radius 2 is 1.25 bits per heavy atom. The second-order valence-corrected chi connectivity index (χ2v) is 17.1. The van der Waals surface area contributed by atoms with Gasteiger partial charge in [-0.05, 0) is 107 Å². The fourth-order valence-electron chi connectivity index (χ4n) is 7.84. The van der Waals surface area contributed by atoms with Crippen molar-refractivity contribution >= 4 is 82.8 Å². The van der Waals surface area contributed by atoms with Crippen LogP contribution in [0.25, 0.3) is 36.8 Å². The molecule has 0 atom stereocenters. The summed E-state index contributed by atoms with van der Waals surface area (Å²) in [7, 11) is 0. The van der Waals surface area contributed by atoms with E-state index in [4.69, 9.17) is 30.3 Å². The van der Waals surface area contributed by atoms with E-state index in [0.717, 1.165) is 70.3 Å². The van der Waals surface area contributed by atoms with Crippen molar-refractivity contribution in [2.45, 2.75) is 48.5 Å². The molecule has 5 aromatic carbocycles. The lowest BCUT2D eigenvalue weighted by molar-refractivity contribution is 0.866. The molecule has 12 heteroatoms. The van der Waals surface area contributed by atoms with Crippen molar-refractivity contribution in [2.75, 3.05) is 10.2 Å². The third-order valence-corrected chi connectivity index (χ3v) is 12.4. The largest absolute Gasteiger partial charge is 0.338 e. The number of nitriles is 1. The zero-order valence-electron chi connectivity index (χ0n) is 34.2. The summed E-state index contributed by atoms with van der Waals surface area (Å²) in [6.07, 6.45) is 0. The molecule has 9 aromatic rings. The van der Waals surface area contributed by atoms with E-state index in [0.29, 0.717) is 33.7 Å². The van der Waals surface area contributed by atoms with Crippen LogP contribution < -0.4 is 10.2 Å². The van der Waals surface area contributed by atoms with E-state index in [1.165, 1.54) is 22.5 Å². The van der Waals surface area contributed by atoms with E-state index >= 15 is 0 Å². The van der Waals surface area contributed by atoms with Crippen LogP contribution in [0.15, 0.2) is 119 Å². The Kier molecular flexibility index (Phi) is 9.99. The number of benzene rings is 5. The normalized spacial score (nSPS) is 11.5. The highest BCUT2D eigenvalue weighted by Gasteiger charge is 2.26. The molecule has 9 rings (SSSR count). The number of fused-ring (bicyclic) bond motifs is 2. The maximum Gasteiger partial charge on any atom is 0.213 e. The van der Waals surface area contributed by atoms with Gasteiger partial charge in [-0.25, -0.2) is 15.0 Å². The highest BCUT2D eigenvalue weighted by Crippen LogP contribution is 2.45. The van der Waals surface area contributed by atoms with Crippen molar-refractivity contribution < 1.29 is 0 Å². The Hall–Kier alpha value is -7.07. The van der Waals surface area contributed by atoms with Gasteiger partial charge in [0.25, 0.3) is 0 Å². The number of hydrogen-bond donors (Lipinski definition) is 1. The molecule has 1 N–H and O–H groups in total. The van der Waals surface area contributed by atoms with E-state index < -0.39 is 0 Å². The Morgan fingerprint density at radius 3 is 1.88 bits per heavy atom. The Balaban J connectivity index is 1.27. The summed E-state index contributed by atoms with van der Waals surface area (Å²) in [5.41, 5.74) is 13.3. The second-order valence-electron chi connectivity index (χ2n) is 15.0. The summed E-state index contributed by atoms with van der Waals surface area (Å²) in [4.78, 5) is 17.6. The first kappa shape index (κ1) is 38.4. The van der Waals surface area contributed by atoms with Gasteiger partial charge in [-0.15, -0.1) is 10.2 Å². The van der Waals surface area contributed by atoms with Crippen molar-refractivity contribution in [2.24, 2.45) is 10.2 Å². The standard InChI is InChI=1S/C48H40N10S2/c1-27-21-29(3)41(30(4)22-27)53-45-42(31(5)25-40(52-45)57(44-32(6)23-28(2)24-33(44)7)47-50-36-17-11-13-19-38(36)59-47)54-55-46-35(26-49)43(34-15-9-8-10-16-34)56-58(46)48-51-37-18-12-14-20-39(37)60-48/h8-25H,1-7H3,(H,52,53). The monoisotopic (exact) mass is 820 g/mol. The third kappa shape index (κ3) is 7.08. The van der Waals surface area contributed by atoms with Crippen LogP contribution in [-0.4, -0.2) is 24.7 Å². The van der Waals surface area contributed by atoms with E-state index in [2.05, 4.69) is 88.2 Å². The first-order valence-corrected chi connectivity index (χ1v) is 21.2. The maximum atomic E-state index is 10.7. The average Bonchev–Trinajstić information content (AvgIpc) is 3.95. The van der Waals surface area contributed by atoms with Gasteiger partial charge in [0.2, 0.25) is 5.13 Å². The molecule has 0 aliphatic carbocycles. The fourth-order valence-corrected chi connectivity index (χ4v) is 9.75. The Bertz CT molecular complexity index is 3070. The lowest BCUT2D eigenvalue weighted by Crippen LogP contribution is -2.15. The van der Waals surface area contributed by atoms with Crippen LogP contribution in [0.2, 0.25) is 0 Å². The molecular weight excluding hydrogens is 781 g/mol. The predicted octanol–water partition coefficient (Wildman–Crippen LogP) is 13.8. The fraction of sp³-hybridized carbons (Fsp3) is 0.146. The predicted molar refractivity (Wildman–Crippen MR) is 246 cm³/mol. The lowest BCUT2D eigenvalue weighted by atomic mass is 10.0. The van der Waals surface area contributed by atoms with Gasteiger partial charge < -0.3 is 5.32 Å². The van der Waals surface area contributed by atoms with Crippen molar-refractivity contribution in [1.82, 2.24) is 24.7 Å². The SMILES string of the molecule is Cc1cc(C)c(Nc2nc(N(c3nc4ccccc4s3)c3c(C)cc(C)cc3C)cc(C)c2N=Nc2c(C#N)c(-c3ccccc3)nn2-c2nc3ccccc3s2)c(C)c1. The van der Waals surface area contributed by atoms with Crippen LogP contribution in [0, 0.1) is 59.8 Å². The van der Waals surface area contributed by atoms with E-state index in [1.54, 1.807) is 16.0 Å². The molecule has 0 aliphatic rings. The number of aromatic nitrogens is 5. The number of hydrogen-bond acceptors (Lipinski definition) is 11. The minimum atomic E-state index is 0.273. The third-order valence-electron chi connectivity index (χ3n) is 10.4. The number of anilines is 5. The molecule has 0 unspecified atom stereocenters. The van der Waals surface area contributed by atoms with Gasteiger partial charge in [-0.3, -0.25) is 4.90 Å². The summed E-state index contributed by atoms with van der Waals surface area (Å²) in [5.74, 6) is 1.45. The number of nitrogens with zero attached hydrogens (tertiary/aromatic N) is 9. The maximum absolute atomic E-state index is 10.7. The molecular formula is C48H40N10S2. The van der Waals surface area contributed by atoms with Crippen LogP contribution in [0.4, 0.5) is 39.6 Å². The van der Waals surface area contributed by atoms with E-state index in [-0.39, 0.29) is 5.82 Å². The summed E-state index contributed by atoms with van der Waals surface area (Å²) in [6.45, 7) is 14.7. The summed E-state index contributed by atoms with van der Waals surface area (Å²) < 4.78 is 3.71. The molecule has 0 bridgehead atoms. The number of azo groups is 1. The van der Waals surface area contributed by atoms with Gasteiger partial charge in [0.15, 0.2) is 16.8 Å². The van der Waals surface area contributed by atoms with Crippen LogP contribution in [0.1, 0.15) is 44.5 Å². The quantitative estimate of drug-likeness (QED) is 0.144. The number of thiazole rings is 2. The second kappa shape index (κ2) is 15.6. The van der Waals surface area contributed by atoms with Crippen LogP contribution in [-0.2, 0) is 0 Å². The molecule has 0 aliphatic heterocycles. The minimum Gasteiger partial charge on any atom is -0.338 e. The van der Waals surface area contributed by atoms with Gasteiger partial charge >= 0.3 is 0 Å². The minimum absolute atomic E-state index is 0.273. The molecule has 0 fully saturated rings. The van der Waals surface area contributed by atoms with Gasteiger partial charge in [0, 0.05) is 11.3 Å². The molecule has 10 nitrogen and oxygen atoms in total. The molecule has 60 heavy (non-hydrogen) atoms. The molecule has 4 aromatic heterocycles. The van der Waals surface area contributed by atoms with Gasteiger partial charge in [-0.1, -0.05) is 113 Å². The molecule has 0 spiro atoms. The summed E-state index contributed by atoms with van der Waals surface area (Å²) in [5, 5.41) is 30.6. The molecule has 0 radical (unpaired) electrons. The van der Waals surface area contributed by atoms with Gasteiger partial charge in [-0.2, -0.15) is 15.0 Å². The number of aryl methyl sites for hydroxylation is 7. The number of rotatable bonds is 9. The molecule has 0 saturated carbocycles. The van der Waals surface area contributed by atoms with E-state index in [1.807, 2.05) is 85.8 Å². The molecule has 294 valence electrons. The van der Waals surface area contributed by atoms with Crippen LogP contribution in [0.3, 0.4) is 0 Å². The lowest BCUT2D eigenvalue weighted by Gasteiger charge is -2.27. The van der Waals surface area contributed by atoms with Crippen molar-refractivity contribution in [3.05, 3.63) is 154 Å². The average molecular weight is 821 g/mol. The van der Waals surface area contributed by atoms with Crippen molar-refractivity contribution in [3.8, 4) is 22.5 Å². The molecule has 0 amide bonds. The van der Waals surface area contributed by atoms with Crippen molar-refractivity contribution in [1.29, 1.82) is 5.26 Å². The zero-order chi connectivity index (χ0) is 41.7. The smallest absolute Gasteiger partial charge is 0.213 e. The highest BCUT2D eigenvalue weighted by molar-refractivity contribution is 7.22. The highest BCUT2D eigenvalue weighted by atomic mass is 32.1. The molecule has 0 saturated heterocycles. The van der Waals surface area contributed by atoms with Crippen LogP contribution >= 0.6 is 22.7 Å². The van der Waals surface area contributed by atoms with Crippen molar-refractivity contribution in [3.63, 3.8) is 0 Å². The Morgan fingerprint density at radius 1 is 0.650 bits per heavy atom. The zero-order valence-corrected chi connectivity index (χ0v) is 35.9. The topological polar surface area (TPSA) is 120 Å². The van der Waals surface area contributed by atoms with E-state index in [9.17, 15) is 5.26 Å². The van der Waals surface area contributed by atoms with Crippen LogP contribution in [0.5, 0.6) is 0 Å². The first-order chi connectivity index (χ1) is 29.1.